The Bertz CT molecular complexity index is 231. The molecule has 0 unspecified atom stereocenters. The Morgan fingerprint density at radius 2 is 1.23 bits per heavy atom. The zero-order chi connectivity index (χ0) is 16.3. The summed E-state index contributed by atoms with van der Waals surface area (Å²) in [6.07, 6.45) is 18.6. The van der Waals surface area contributed by atoms with E-state index in [0.29, 0.717) is 6.42 Å². The van der Waals surface area contributed by atoms with E-state index in [4.69, 9.17) is 5.73 Å². The first-order valence-corrected chi connectivity index (χ1v) is 9.78. The number of hydrogen-bond donors (Lipinski definition) is 2. The zero-order valence-corrected chi connectivity index (χ0v) is 15.0. The number of amides is 1. The van der Waals surface area contributed by atoms with Gasteiger partial charge in [0.25, 0.3) is 0 Å². The maximum atomic E-state index is 11.6. The fourth-order valence-corrected chi connectivity index (χ4v) is 2.71. The van der Waals surface area contributed by atoms with Crippen LogP contribution in [0.4, 0.5) is 0 Å². The van der Waals surface area contributed by atoms with Crippen LogP contribution in [0.1, 0.15) is 103 Å². The summed E-state index contributed by atoms with van der Waals surface area (Å²) in [5, 5.41) is 3.00. The van der Waals surface area contributed by atoms with Crippen molar-refractivity contribution in [1.29, 1.82) is 0 Å². The topological polar surface area (TPSA) is 55.1 Å². The van der Waals surface area contributed by atoms with Crippen molar-refractivity contribution in [3.05, 3.63) is 0 Å². The van der Waals surface area contributed by atoms with Gasteiger partial charge in [-0.05, 0) is 25.8 Å². The summed E-state index contributed by atoms with van der Waals surface area (Å²) in [4.78, 5) is 11.6. The molecule has 0 saturated carbocycles. The molecule has 0 fully saturated rings. The van der Waals surface area contributed by atoms with Crippen molar-refractivity contribution >= 4 is 5.91 Å². The molecule has 0 radical (unpaired) electrons. The van der Waals surface area contributed by atoms with Crippen LogP contribution in [0.15, 0.2) is 0 Å². The lowest BCUT2D eigenvalue weighted by Crippen LogP contribution is -2.24. The van der Waals surface area contributed by atoms with Crippen molar-refractivity contribution in [3.8, 4) is 0 Å². The van der Waals surface area contributed by atoms with E-state index in [2.05, 4.69) is 12.2 Å². The smallest absolute Gasteiger partial charge is 0.219 e. The lowest BCUT2D eigenvalue weighted by Gasteiger charge is -2.05. The van der Waals surface area contributed by atoms with E-state index in [1.807, 2.05) is 0 Å². The molecule has 0 rings (SSSR count). The summed E-state index contributed by atoms with van der Waals surface area (Å²) < 4.78 is 0. The van der Waals surface area contributed by atoms with E-state index >= 15 is 0 Å². The maximum absolute atomic E-state index is 11.6. The Morgan fingerprint density at radius 3 is 1.77 bits per heavy atom. The van der Waals surface area contributed by atoms with Gasteiger partial charge in [-0.25, -0.2) is 0 Å². The number of carbonyl (C=O) groups excluding carboxylic acids is 1. The molecule has 3 heteroatoms. The fourth-order valence-electron chi connectivity index (χ4n) is 2.71. The monoisotopic (exact) mass is 312 g/mol. The second-order valence-corrected chi connectivity index (χ2v) is 6.48. The second-order valence-electron chi connectivity index (χ2n) is 6.48. The molecule has 0 aromatic heterocycles. The highest BCUT2D eigenvalue weighted by atomic mass is 16.1. The predicted octanol–water partition coefficient (Wildman–Crippen LogP) is 4.93. The lowest BCUT2D eigenvalue weighted by atomic mass is 10.1. The first-order valence-electron chi connectivity index (χ1n) is 9.78. The summed E-state index contributed by atoms with van der Waals surface area (Å²) >= 11 is 0. The van der Waals surface area contributed by atoms with Crippen molar-refractivity contribution in [2.24, 2.45) is 5.73 Å². The van der Waals surface area contributed by atoms with Crippen LogP contribution in [-0.4, -0.2) is 19.0 Å². The van der Waals surface area contributed by atoms with Crippen LogP contribution in [0.3, 0.4) is 0 Å². The molecule has 3 nitrogen and oxygen atoms in total. The van der Waals surface area contributed by atoms with Crippen molar-refractivity contribution in [2.75, 3.05) is 13.1 Å². The minimum absolute atomic E-state index is 0.226. The highest BCUT2D eigenvalue weighted by molar-refractivity contribution is 5.75. The molecule has 0 saturated heterocycles. The van der Waals surface area contributed by atoms with Crippen molar-refractivity contribution < 1.29 is 4.79 Å². The van der Waals surface area contributed by atoms with Gasteiger partial charge in [-0.3, -0.25) is 4.79 Å². The molecule has 0 aliphatic heterocycles. The van der Waals surface area contributed by atoms with Crippen molar-refractivity contribution in [3.63, 3.8) is 0 Å². The Hall–Kier alpha value is -0.570. The first kappa shape index (κ1) is 21.4. The predicted molar refractivity (Wildman–Crippen MR) is 97.0 cm³/mol. The average Bonchev–Trinajstić information content (AvgIpc) is 2.52. The molecule has 0 heterocycles. The third-order valence-electron chi connectivity index (χ3n) is 4.21. The Kier molecular flexibility index (Phi) is 18.0. The number of nitrogens with one attached hydrogen (secondary N) is 1. The molecule has 0 aliphatic rings. The normalized spacial score (nSPS) is 10.8. The molecule has 0 spiro atoms. The second kappa shape index (κ2) is 18.5. The SMILES string of the molecule is CCCCCCCCCCCCCC(=O)NCCCCCN. The molecule has 1 amide bonds. The highest BCUT2D eigenvalue weighted by Crippen LogP contribution is 2.11. The number of hydrogen-bond acceptors (Lipinski definition) is 2. The van der Waals surface area contributed by atoms with E-state index in [0.717, 1.165) is 38.8 Å². The number of carbonyl (C=O) groups is 1. The Balaban J connectivity index is 3.10. The standard InChI is InChI=1S/C19H40N2O/c1-2-3-4-5-6-7-8-9-10-11-13-16-19(22)21-18-15-12-14-17-20/h2-18,20H2,1H3,(H,21,22). The maximum Gasteiger partial charge on any atom is 0.219 e. The third-order valence-corrected chi connectivity index (χ3v) is 4.21. The highest BCUT2D eigenvalue weighted by Gasteiger charge is 2.00. The molecule has 0 bridgehead atoms. The summed E-state index contributed by atoms with van der Waals surface area (Å²) in [5.74, 6) is 0.226. The van der Waals surface area contributed by atoms with Crippen LogP contribution in [0.5, 0.6) is 0 Å². The number of rotatable bonds is 17. The fraction of sp³-hybridized carbons (Fsp3) is 0.947. The minimum atomic E-state index is 0.226. The van der Waals surface area contributed by atoms with E-state index < -0.39 is 0 Å². The van der Waals surface area contributed by atoms with Gasteiger partial charge < -0.3 is 11.1 Å². The molecule has 3 N–H and O–H groups in total. The van der Waals surface area contributed by atoms with Gasteiger partial charge in [0, 0.05) is 13.0 Å². The van der Waals surface area contributed by atoms with Crippen LogP contribution in [-0.2, 0) is 4.79 Å². The van der Waals surface area contributed by atoms with Gasteiger partial charge in [0.1, 0.15) is 0 Å². The summed E-state index contributed by atoms with van der Waals surface area (Å²) in [7, 11) is 0. The molecule has 0 aromatic rings. The van der Waals surface area contributed by atoms with Gasteiger partial charge in [-0.15, -0.1) is 0 Å². The lowest BCUT2D eigenvalue weighted by molar-refractivity contribution is -0.121. The average molecular weight is 313 g/mol. The molecule has 22 heavy (non-hydrogen) atoms. The van der Waals surface area contributed by atoms with Crippen molar-refractivity contribution in [2.45, 2.75) is 103 Å². The molecule has 0 aliphatic carbocycles. The van der Waals surface area contributed by atoms with E-state index in [1.165, 1.54) is 64.2 Å². The minimum Gasteiger partial charge on any atom is -0.356 e. The number of unbranched alkanes of at least 4 members (excludes halogenated alkanes) is 12. The van der Waals surface area contributed by atoms with E-state index in [1.54, 1.807) is 0 Å². The largest absolute Gasteiger partial charge is 0.356 e. The van der Waals surface area contributed by atoms with E-state index in [-0.39, 0.29) is 5.91 Å². The first-order chi connectivity index (χ1) is 10.8. The third kappa shape index (κ3) is 17.5. The van der Waals surface area contributed by atoms with Crippen LogP contribution in [0, 0.1) is 0 Å². The van der Waals surface area contributed by atoms with Gasteiger partial charge >= 0.3 is 0 Å². The van der Waals surface area contributed by atoms with Crippen LogP contribution in [0.2, 0.25) is 0 Å². The summed E-state index contributed by atoms with van der Waals surface area (Å²) in [6.45, 7) is 3.84. The van der Waals surface area contributed by atoms with Gasteiger partial charge in [0.2, 0.25) is 5.91 Å². The van der Waals surface area contributed by atoms with Crippen LogP contribution in [0.25, 0.3) is 0 Å². The molecular formula is C19H40N2O. The van der Waals surface area contributed by atoms with Crippen LogP contribution < -0.4 is 11.1 Å². The summed E-state index contributed by atoms with van der Waals surface area (Å²) in [6, 6.07) is 0. The van der Waals surface area contributed by atoms with Gasteiger partial charge in [0.15, 0.2) is 0 Å². The Morgan fingerprint density at radius 1 is 0.727 bits per heavy atom. The zero-order valence-electron chi connectivity index (χ0n) is 15.0. The van der Waals surface area contributed by atoms with Gasteiger partial charge in [0.05, 0.1) is 0 Å². The van der Waals surface area contributed by atoms with Crippen LogP contribution >= 0.6 is 0 Å². The summed E-state index contributed by atoms with van der Waals surface area (Å²) in [5.41, 5.74) is 5.43. The van der Waals surface area contributed by atoms with Gasteiger partial charge in [-0.2, -0.15) is 0 Å². The Labute approximate surface area is 138 Å². The molecule has 0 atom stereocenters. The molecule has 0 aromatic carbocycles. The molecular weight excluding hydrogens is 272 g/mol. The van der Waals surface area contributed by atoms with E-state index in [9.17, 15) is 4.79 Å². The van der Waals surface area contributed by atoms with Crippen molar-refractivity contribution in [1.82, 2.24) is 5.32 Å². The number of nitrogens with two attached hydrogens (primary N) is 1. The molecule has 132 valence electrons. The van der Waals surface area contributed by atoms with Gasteiger partial charge in [-0.1, -0.05) is 77.6 Å². The quantitative estimate of drug-likeness (QED) is 0.374.